The van der Waals surface area contributed by atoms with Gasteiger partial charge in [0.1, 0.15) is 0 Å². The zero-order valence-corrected chi connectivity index (χ0v) is 13.4. The van der Waals surface area contributed by atoms with E-state index in [1.165, 1.54) is 0 Å². The standard InChI is InChI=1S/C15H20BrN3O/c1-3-11(4-2)13(16)10-17-15(20)12-9-18-19-8-6-5-7-14(12)19/h5-9,11,13H,3-4,10H2,1-2H3,(H,17,20). The Labute approximate surface area is 127 Å². The highest BCUT2D eigenvalue weighted by atomic mass is 79.9. The molecular formula is C15H20BrN3O. The summed E-state index contributed by atoms with van der Waals surface area (Å²) in [6.07, 6.45) is 5.67. The van der Waals surface area contributed by atoms with Gasteiger partial charge in [0.2, 0.25) is 0 Å². The SMILES string of the molecule is CCC(CC)C(Br)CNC(=O)c1cnn2ccccc12. The van der Waals surface area contributed by atoms with Crippen LogP contribution in [0.3, 0.4) is 0 Å². The molecule has 20 heavy (non-hydrogen) atoms. The summed E-state index contributed by atoms with van der Waals surface area (Å²) < 4.78 is 1.71. The lowest BCUT2D eigenvalue weighted by molar-refractivity contribution is 0.0953. The molecule has 2 rings (SSSR count). The Bertz CT molecular complexity index is 577. The topological polar surface area (TPSA) is 46.4 Å². The molecule has 2 heterocycles. The first kappa shape index (κ1) is 15.0. The molecule has 0 fully saturated rings. The number of carbonyl (C=O) groups excluding carboxylic acids is 1. The molecule has 0 aliphatic rings. The van der Waals surface area contributed by atoms with Crippen LogP contribution in [0.25, 0.3) is 5.52 Å². The average Bonchev–Trinajstić information content (AvgIpc) is 2.90. The summed E-state index contributed by atoms with van der Waals surface area (Å²) >= 11 is 3.67. The molecule has 1 amide bonds. The largest absolute Gasteiger partial charge is 0.351 e. The van der Waals surface area contributed by atoms with E-state index in [1.54, 1.807) is 10.7 Å². The zero-order valence-electron chi connectivity index (χ0n) is 11.8. The number of fused-ring (bicyclic) bond motifs is 1. The Morgan fingerprint density at radius 3 is 2.85 bits per heavy atom. The Hall–Kier alpha value is -1.36. The van der Waals surface area contributed by atoms with Gasteiger partial charge in [-0.15, -0.1) is 0 Å². The van der Waals surface area contributed by atoms with Crippen molar-refractivity contribution >= 4 is 27.4 Å². The molecule has 2 aromatic heterocycles. The third kappa shape index (κ3) is 3.20. The number of aromatic nitrogens is 2. The predicted molar refractivity (Wildman–Crippen MR) is 84.3 cm³/mol. The van der Waals surface area contributed by atoms with Gasteiger partial charge in [-0.05, 0) is 18.1 Å². The van der Waals surface area contributed by atoms with Crippen LogP contribution >= 0.6 is 15.9 Å². The molecule has 1 atom stereocenters. The third-order valence-electron chi connectivity index (χ3n) is 3.69. The molecule has 2 aromatic rings. The molecule has 1 N–H and O–H groups in total. The van der Waals surface area contributed by atoms with Gasteiger partial charge in [0, 0.05) is 17.6 Å². The van der Waals surface area contributed by atoms with Gasteiger partial charge in [0.15, 0.2) is 0 Å². The van der Waals surface area contributed by atoms with Crippen LogP contribution in [-0.4, -0.2) is 26.9 Å². The van der Waals surface area contributed by atoms with Gasteiger partial charge >= 0.3 is 0 Å². The molecule has 0 aliphatic carbocycles. The second-order valence-electron chi connectivity index (χ2n) is 4.89. The maximum Gasteiger partial charge on any atom is 0.255 e. The van der Waals surface area contributed by atoms with E-state index in [2.05, 4.69) is 40.2 Å². The summed E-state index contributed by atoms with van der Waals surface area (Å²) in [5.41, 5.74) is 1.45. The van der Waals surface area contributed by atoms with Crippen LogP contribution in [0.5, 0.6) is 0 Å². The minimum absolute atomic E-state index is 0.0680. The number of nitrogens with zero attached hydrogens (tertiary/aromatic N) is 2. The number of rotatable bonds is 6. The van der Waals surface area contributed by atoms with E-state index < -0.39 is 0 Å². The van der Waals surface area contributed by atoms with Crippen LogP contribution in [-0.2, 0) is 0 Å². The highest BCUT2D eigenvalue weighted by Gasteiger charge is 2.18. The molecule has 0 aliphatic heterocycles. The van der Waals surface area contributed by atoms with Gasteiger partial charge < -0.3 is 5.32 Å². The van der Waals surface area contributed by atoms with Crippen LogP contribution < -0.4 is 5.32 Å². The van der Waals surface area contributed by atoms with E-state index >= 15 is 0 Å². The van der Waals surface area contributed by atoms with Crippen molar-refractivity contribution in [2.24, 2.45) is 5.92 Å². The van der Waals surface area contributed by atoms with E-state index in [0.29, 0.717) is 22.9 Å². The normalized spacial score (nSPS) is 12.8. The lowest BCUT2D eigenvalue weighted by Crippen LogP contribution is -2.32. The number of alkyl halides is 1. The van der Waals surface area contributed by atoms with Gasteiger partial charge in [-0.25, -0.2) is 4.52 Å². The van der Waals surface area contributed by atoms with E-state index in [9.17, 15) is 4.79 Å². The van der Waals surface area contributed by atoms with E-state index in [-0.39, 0.29) is 5.91 Å². The molecule has 1 unspecified atom stereocenters. The van der Waals surface area contributed by atoms with Crippen molar-refractivity contribution in [3.05, 3.63) is 36.2 Å². The first-order valence-electron chi connectivity index (χ1n) is 7.02. The van der Waals surface area contributed by atoms with Crippen LogP contribution in [0.15, 0.2) is 30.6 Å². The predicted octanol–water partition coefficient (Wildman–Crippen LogP) is 3.26. The fraction of sp³-hybridized carbons (Fsp3) is 0.467. The quantitative estimate of drug-likeness (QED) is 0.822. The van der Waals surface area contributed by atoms with Crippen molar-refractivity contribution in [1.29, 1.82) is 0 Å². The summed E-state index contributed by atoms with van der Waals surface area (Å²) in [4.78, 5) is 12.5. The van der Waals surface area contributed by atoms with Crippen molar-refractivity contribution < 1.29 is 4.79 Å². The molecule has 0 aromatic carbocycles. The summed E-state index contributed by atoms with van der Waals surface area (Å²) in [7, 11) is 0. The smallest absolute Gasteiger partial charge is 0.255 e. The lowest BCUT2D eigenvalue weighted by atomic mass is 9.99. The number of halogens is 1. The number of carbonyl (C=O) groups is 1. The number of nitrogens with one attached hydrogen (secondary N) is 1. The Morgan fingerprint density at radius 2 is 2.15 bits per heavy atom. The molecule has 0 saturated carbocycles. The minimum atomic E-state index is -0.0680. The maximum atomic E-state index is 12.2. The van der Waals surface area contributed by atoms with E-state index in [1.807, 2.05) is 24.4 Å². The minimum Gasteiger partial charge on any atom is -0.351 e. The van der Waals surface area contributed by atoms with Crippen molar-refractivity contribution in [3.8, 4) is 0 Å². The van der Waals surface area contributed by atoms with Gasteiger partial charge in [-0.2, -0.15) is 5.10 Å². The maximum absolute atomic E-state index is 12.2. The van der Waals surface area contributed by atoms with Crippen LogP contribution in [0.4, 0.5) is 0 Å². The second-order valence-corrected chi connectivity index (χ2v) is 6.07. The van der Waals surface area contributed by atoms with Crippen molar-refractivity contribution in [3.63, 3.8) is 0 Å². The van der Waals surface area contributed by atoms with E-state index in [4.69, 9.17) is 0 Å². The molecule has 108 valence electrons. The highest BCUT2D eigenvalue weighted by molar-refractivity contribution is 9.09. The number of amides is 1. The Balaban J connectivity index is 2.02. The summed E-state index contributed by atoms with van der Waals surface area (Å²) in [5.74, 6) is 0.515. The molecule has 0 radical (unpaired) electrons. The van der Waals surface area contributed by atoms with Gasteiger partial charge in [0.05, 0.1) is 17.3 Å². The summed E-state index contributed by atoms with van der Waals surface area (Å²) in [6, 6.07) is 5.70. The number of pyridine rings is 1. The van der Waals surface area contributed by atoms with Crippen molar-refractivity contribution in [2.45, 2.75) is 31.5 Å². The van der Waals surface area contributed by atoms with Crippen LogP contribution in [0, 0.1) is 5.92 Å². The Morgan fingerprint density at radius 1 is 1.40 bits per heavy atom. The van der Waals surface area contributed by atoms with Crippen LogP contribution in [0.1, 0.15) is 37.0 Å². The second kappa shape index (κ2) is 6.88. The van der Waals surface area contributed by atoms with Crippen LogP contribution in [0.2, 0.25) is 0 Å². The molecule has 0 bridgehead atoms. The first-order valence-corrected chi connectivity index (χ1v) is 7.93. The van der Waals surface area contributed by atoms with Gasteiger partial charge in [-0.1, -0.05) is 48.7 Å². The van der Waals surface area contributed by atoms with E-state index in [0.717, 1.165) is 18.4 Å². The number of hydrogen-bond donors (Lipinski definition) is 1. The zero-order chi connectivity index (χ0) is 14.5. The van der Waals surface area contributed by atoms with Crippen molar-refractivity contribution in [1.82, 2.24) is 14.9 Å². The van der Waals surface area contributed by atoms with Gasteiger partial charge in [0.25, 0.3) is 5.91 Å². The first-order chi connectivity index (χ1) is 9.67. The Kier molecular flexibility index (Phi) is 5.17. The number of hydrogen-bond acceptors (Lipinski definition) is 2. The van der Waals surface area contributed by atoms with Crippen molar-refractivity contribution in [2.75, 3.05) is 6.54 Å². The van der Waals surface area contributed by atoms with Gasteiger partial charge in [-0.3, -0.25) is 4.79 Å². The average molecular weight is 338 g/mol. The monoisotopic (exact) mass is 337 g/mol. The molecule has 0 spiro atoms. The molecule has 5 heteroatoms. The molecule has 0 saturated heterocycles. The highest BCUT2D eigenvalue weighted by Crippen LogP contribution is 2.19. The third-order valence-corrected chi connectivity index (χ3v) is 4.76. The summed E-state index contributed by atoms with van der Waals surface area (Å²) in [5, 5.41) is 7.17. The fourth-order valence-corrected chi connectivity index (χ4v) is 3.27. The molecule has 4 nitrogen and oxygen atoms in total. The fourth-order valence-electron chi connectivity index (χ4n) is 2.36. The summed E-state index contributed by atoms with van der Waals surface area (Å²) in [6.45, 7) is 4.99. The molecular weight excluding hydrogens is 318 g/mol. The lowest BCUT2D eigenvalue weighted by Gasteiger charge is -2.19.